The highest BCUT2D eigenvalue weighted by Gasteiger charge is 2.83. The van der Waals surface area contributed by atoms with Gasteiger partial charge in [0.15, 0.2) is 28.8 Å². The molecule has 260 valence electrons. The van der Waals surface area contributed by atoms with Crippen LogP contribution in [0.1, 0.15) is 27.8 Å². The molecule has 5 aliphatic rings. The molecule has 10 rings (SSSR count). The van der Waals surface area contributed by atoms with Crippen molar-refractivity contribution in [1.82, 2.24) is 0 Å². The number of rotatable bonds is 6. The lowest BCUT2D eigenvalue weighted by Crippen LogP contribution is -2.45. The van der Waals surface area contributed by atoms with Crippen LogP contribution >= 0.6 is 0 Å². The van der Waals surface area contributed by atoms with Crippen LogP contribution in [-0.4, -0.2) is 36.1 Å². The number of hydrogen-bond acceptors (Lipinski definition) is 9. The number of imide groups is 1. The number of allylic oxidation sites excluding steroid dienone is 2. The molecule has 0 spiro atoms. The lowest BCUT2D eigenvalue weighted by molar-refractivity contribution is -0.385. The van der Waals surface area contributed by atoms with Crippen LogP contribution < -0.4 is 23.8 Å². The second-order valence-electron chi connectivity index (χ2n) is 13.8. The van der Waals surface area contributed by atoms with Gasteiger partial charge in [0, 0.05) is 11.6 Å². The molecule has 2 aliphatic carbocycles. The quantitative estimate of drug-likeness (QED) is 0.110. The largest absolute Gasteiger partial charge is 0.454 e. The fraction of sp³-hybridized carbons (Fsp3) is 0.167. The highest BCUT2D eigenvalue weighted by atomic mass is 16.7. The molecule has 1 saturated carbocycles. The van der Waals surface area contributed by atoms with Gasteiger partial charge in [0.25, 0.3) is 5.69 Å². The molecule has 53 heavy (non-hydrogen) atoms. The summed E-state index contributed by atoms with van der Waals surface area (Å²) in [6.45, 7) is 1.65. The van der Waals surface area contributed by atoms with Crippen molar-refractivity contribution >= 4 is 40.1 Å². The smallest absolute Gasteiger partial charge is 0.274 e. The van der Waals surface area contributed by atoms with Gasteiger partial charge in [-0.05, 0) is 70.7 Å². The fourth-order valence-corrected chi connectivity index (χ4v) is 9.42. The lowest BCUT2D eigenvalue weighted by atomic mass is 9.59. The molecule has 5 aromatic rings. The predicted molar refractivity (Wildman–Crippen MR) is 190 cm³/mol. The lowest BCUT2D eigenvalue weighted by Gasteiger charge is -2.39. The van der Waals surface area contributed by atoms with Crippen molar-refractivity contribution in [2.45, 2.75) is 17.8 Å². The Morgan fingerprint density at radius 2 is 1.09 bits per heavy atom. The molecule has 5 aromatic carbocycles. The van der Waals surface area contributed by atoms with E-state index >= 15 is 14.4 Å². The molecule has 0 unspecified atom stereocenters. The minimum atomic E-state index is -1.70. The van der Waals surface area contributed by atoms with E-state index in [9.17, 15) is 10.1 Å². The van der Waals surface area contributed by atoms with Crippen LogP contribution in [-0.2, 0) is 25.2 Å². The van der Waals surface area contributed by atoms with Crippen molar-refractivity contribution in [2.75, 3.05) is 18.5 Å². The van der Waals surface area contributed by atoms with Gasteiger partial charge < -0.3 is 18.9 Å². The maximum Gasteiger partial charge on any atom is 0.274 e. The zero-order valence-corrected chi connectivity index (χ0v) is 28.1. The average Bonchev–Trinajstić information content (AvgIpc) is 3.99. The van der Waals surface area contributed by atoms with E-state index in [4.69, 9.17) is 18.9 Å². The number of aryl methyl sites for hydroxylation is 1. The average molecular weight is 705 g/mol. The van der Waals surface area contributed by atoms with E-state index in [1.807, 2.05) is 84.9 Å². The van der Waals surface area contributed by atoms with Crippen molar-refractivity contribution < 1.29 is 38.3 Å². The van der Waals surface area contributed by atoms with E-state index in [1.165, 1.54) is 18.2 Å². The SMILES string of the molecule is Cc1ccc(N2C(=O)[C@@H]3[C@H](C2=O)[C@@]2(c4ccccc4)C(=O)[C@@]3(c3ccccc3)C(c3ccc4c(c3)OCO4)=C2c2ccc3c(c2)OCO3)cc1[N+](=O)[O-]. The Morgan fingerprint density at radius 1 is 0.623 bits per heavy atom. The summed E-state index contributed by atoms with van der Waals surface area (Å²) in [4.78, 5) is 59.4. The van der Waals surface area contributed by atoms with Crippen LogP contribution in [0.15, 0.2) is 115 Å². The third-order valence-electron chi connectivity index (χ3n) is 11.4. The number of carbonyl (C=O) groups is 3. The van der Waals surface area contributed by atoms with Gasteiger partial charge in [-0.1, -0.05) is 78.9 Å². The van der Waals surface area contributed by atoms with E-state index < -0.39 is 39.4 Å². The van der Waals surface area contributed by atoms with Crippen molar-refractivity contribution in [2.24, 2.45) is 11.8 Å². The number of benzene rings is 5. The zero-order chi connectivity index (χ0) is 36.2. The van der Waals surface area contributed by atoms with Gasteiger partial charge in [0.1, 0.15) is 0 Å². The van der Waals surface area contributed by atoms with Gasteiger partial charge in [0.2, 0.25) is 25.4 Å². The Bertz CT molecular complexity index is 2360. The van der Waals surface area contributed by atoms with Crippen molar-refractivity contribution in [3.8, 4) is 23.0 Å². The summed E-state index contributed by atoms with van der Waals surface area (Å²) in [5, 5.41) is 12.1. The molecule has 2 fully saturated rings. The standard InChI is InChI=1S/C42H28N2O9/c1-23-12-15-28(20-29(23)44(48)49)43-38(45)36-37(39(43)46)42(27-10-6-3-7-11-27)35(25-14-17-31-33(19-25)53-22-51-31)34(24-13-16-30-32(18-24)52-21-50-30)41(36,40(42)47)26-8-4-2-5-9-26/h2-20,36-37H,21-22H2,1H3/t36-,37+,41-,42-/m0/s1. The first-order valence-electron chi connectivity index (χ1n) is 17.1. The maximum absolute atomic E-state index is 16.2. The number of Topliss-reactive ketones (excluding diaryl/α,β-unsaturated/α-hetero) is 1. The van der Waals surface area contributed by atoms with Gasteiger partial charge in [0.05, 0.1) is 33.3 Å². The number of carbonyl (C=O) groups excluding carboxylic acids is 3. The van der Waals surface area contributed by atoms with E-state index in [1.54, 1.807) is 19.1 Å². The van der Waals surface area contributed by atoms with Crippen LogP contribution in [0.25, 0.3) is 11.1 Å². The molecule has 0 radical (unpaired) electrons. The molecule has 0 N–H and O–H groups in total. The summed E-state index contributed by atoms with van der Waals surface area (Å²) in [5.41, 5.74) is 0.236. The molecule has 0 aromatic heterocycles. The number of ether oxygens (including phenoxy) is 4. The van der Waals surface area contributed by atoms with E-state index in [-0.39, 0.29) is 30.7 Å². The number of amides is 2. The Labute approximate surface area is 302 Å². The van der Waals surface area contributed by atoms with Gasteiger partial charge in [-0.25, -0.2) is 4.90 Å². The first-order chi connectivity index (χ1) is 25.8. The second-order valence-corrected chi connectivity index (χ2v) is 13.8. The number of nitro benzene ring substituents is 1. The van der Waals surface area contributed by atoms with E-state index in [0.717, 1.165) is 4.90 Å². The summed E-state index contributed by atoms with van der Waals surface area (Å²) >= 11 is 0. The molecule has 11 nitrogen and oxygen atoms in total. The number of hydrogen-bond donors (Lipinski definition) is 0. The monoisotopic (exact) mass is 704 g/mol. The minimum absolute atomic E-state index is 0.0267. The Hall–Kier alpha value is -6.75. The first-order valence-corrected chi connectivity index (χ1v) is 17.1. The third kappa shape index (κ3) is 3.85. The third-order valence-corrected chi connectivity index (χ3v) is 11.4. The van der Waals surface area contributed by atoms with Gasteiger partial charge in [-0.15, -0.1) is 0 Å². The summed E-state index contributed by atoms with van der Waals surface area (Å²) in [7, 11) is 0. The Balaban J connectivity index is 1.35. The van der Waals surface area contributed by atoms with Crippen LogP contribution in [0.3, 0.4) is 0 Å². The summed E-state index contributed by atoms with van der Waals surface area (Å²) in [6, 6.07) is 33.4. The number of anilines is 1. The molecular weight excluding hydrogens is 676 g/mol. The van der Waals surface area contributed by atoms with Crippen LogP contribution in [0.2, 0.25) is 0 Å². The number of fused-ring (bicyclic) bond motifs is 7. The molecule has 2 bridgehead atoms. The number of nitro groups is 1. The number of nitrogens with zero attached hydrogens (tertiary/aromatic N) is 2. The number of ketones is 1. The summed E-state index contributed by atoms with van der Waals surface area (Å²) < 4.78 is 23.0. The molecule has 3 heterocycles. The normalized spacial score (nSPS) is 24.7. The minimum Gasteiger partial charge on any atom is -0.454 e. The van der Waals surface area contributed by atoms with Crippen molar-refractivity contribution in [3.05, 3.63) is 153 Å². The van der Waals surface area contributed by atoms with E-state index in [2.05, 4.69) is 0 Å². The highest BCUT2D eigenvalue weighted by Crippen LogP contribution is 2.74. The van der Waals surface area contributed by atoms with Crippen LogP contribution in [0, 0.1) is 28.9 Å². The second kappa shape index (κ2) is 10.9. The summed E-state index contributed by atoms with van der Waals surface area (Å²) in [5.74, 6) is -1.94. The van der Waals surface area contributed by atoms with E-state index in [0.29, 0.717) is 62.0 Å². The highest BCUT2D eigenvalue weighted by molar-refractivity contribution is 6.39. The van der Waals surface area contributed by atoms with Crippen LogP contribution in [0.4, 0.5) is 11.4 Å². The predicted octanol–water partition coefficient (Wildman–Crippen LogP) is 6.55. The van der Waals surface area contributed by atoms with Crippen molar-refractivity contribution in [1.29, 1.82) is 0 Å². The Morgan fingerprint density at radius 3 is 1.57 bits per heavy atom. The molecule has 1 saturated heterocycles. The molecule has 2 amide bonds. The molecule has 11 heteroatoms. The van der Waals surface area contributed by atoms with Gasteiger partial charge >= 0.3 is 0 Å². The van der Waals surface area contributed by atoms with Crippen molar-refractivity contribution in [3.63, 3.8) is 0 Å². The molecule has 4 atom stereocenters. The van der Waals surface area contributed by atoms with Crippen LogP contribution in [0.5, 0.6) is 23.0 Å². The van der Waals surface area contributed by atoms with Gasteiger partial charge in [-0.2, -0.15) is 0 Å². The first kappa shape index (κ1) is 31.0. The van der Waals surface area contributed by atoms with Gasteiger partial charge in [-0.3, -0.25) is 24.5 Å². The summed E-state index contributed by atoms with van der Waals surface area (Å²) in [6.07, 6.45) is 0. The fourth-order valence-electron chi connectivity index (χ4n) is 9.42. The maximum atomic E-state index is 16.2. The molecule has 3 aliphatic heterocycles. The topological polar surface area (TPSA) is 135 Å². The Kier molecular flexibility index (Phi) is 6.37. The zero-order valence-electron chi connectivity index (χ0n) is 28.1. The molecular formula is C42H28N2O9.